The average Bonchev–Trinajstić information content (AvgIpc) is 3.16. The van der Waals surface area contributed by atoms with E-state index in [1.54, 1.807) is 16.4 Å². The standard InChI is InChI=1S/C23H32N4O3S/c1-5-8-14-30-18-12-10-17(11-13-18)20-19(21(28)29-7-3)16(4)24-22-25-23(26-27(20)22)31-15-9-6-2/h10-13,20H,5-9,14-15H2,1-4H3,(H,24,25,26). The lowest BCUT2D eigenvalue weighted by Crippen LogP contribution is -2.29. The van der Waals surface area contributed by atoms with E-state index in [1.807, 2.05) is 38.1 Å². The number of nitrogens with one attached hydrogen (secondary N) is 1. The van der Waals surface area contributed by atoms with Crippen molar-refractivity contribution in [1.29, 1.82) is 0 Å². The van der Waals surface area contributed by atoms with E-state index in [4.69, 9.17) is 14.6 Å². The van der Waals surface area contributed by atoms with Crippen LogP contribution in [0.3, 0.4) is 0 Å². The Hall–Kier alpha value is -2.48. The van der Waals surface area contributed by atoms with E-state index in [2.05, 4.69) is 24.1 Å². The van der Waals surface area contributed by atoms with Crippen molar-refractivity contribution in [3.8, 4) is 5.75 Å². The number of carbonyl (C=O) groups is 1. The van der Waals surface area contributed by atoms with Crippen LogP contribution in [0.2, 0.25) is 0 Å². The molecule has 0 aliphatic carbocycles. The molecule has 1 aromatic heterocycles. The molecule has 3 rings (SSSR count). The Morgan fingerprint density at radius 1 is 1.16 bits per heavy atom. The van der Waals surface area contributed by atoms with E-state index < -0.39 is 6.04 Å². The fourth-order valence-corrected chi connectivity index (χ4v) is 4.27. The molecule has 0 radical (unpaired) electrons. The maximum atomic E-state index is 12.8. The van der Waals surface area contributed by atoms with Crippen molar-refractivity contribution >= 4 is 23.7 Å². The molecule has 8 heteroatoms. The number of fused-ring (bicyclic) bond motifs is 1. The van der Waals surface area contributed by atoms with Gasteiger partial charge in [-0.15, -0.1) is 5.10 Å². The number of hydrogen-bond donors (Lipinski definition) is 1. The summed E-state index contributed by atoms with van der Waals surface area (Å²) in [7, 11) is 0. The molecule has 31 heavy (non-hydrogen) atoms. The molecule has 2 heterocycles. The van der Waals surface area contributed by atoms with Gasteiger partial charge in [0.1, 0.15) is 11.8 Å². The predicted molar refractivity (Wildman–Crippen MR) is 124 cm³/mol. The summed E-state index contributed by atoms with van der Waals surface area (Å²) in [6.45, 7) is 9.00. The molecule has 1 atom stereocenters. The summed E-state index contributed by atoms with van der Waals surface area (Å²) in [6.07, 6.45) is 4.34. The van der Waals surface area contributed by atoms with Gasteiger partial charge in [0.15, 0.2) is 0 Å². The maximum absolute atomic E-state index is 12.8. The molecule has 0 fully saturated rings. The van der Waals surface area contributed by atoms with Crippen LogP contribution in [0, 0.1) is 0 Å². The monoisotopic (exact) mass is 444 g/mol. The van der Waals surface area contributed by atoms with Gasteiger partial charge in [0.25, 0.3) is 0 Å². The molecular formula is C23H32N4O3S. The number of allylic oxidation sites excluding steroid dienone is 1. The first-order valence-corrected chi connectivity index (χ1v) is 12.0. The van der Waals surface area contributed by atoms with Gasteiger partial charge < -0.3 is 14.8 Å². The highest BCUT2D eigenvalue weighted by Gasteiger charge is 2.35. The summed E-state index contributed by atoms with van der Waals surface area (Å²) in [6, 6.07) is 7.45. The fraction of sp³-hybridized carbons (Fsp3) is 0.522. The highest BCUT2D eigenvalue weighted by Crippen LogP contribution is 2.37. The van der Waals surface area contributed by atoms with E-state index in [9.17, 15) is 4.79 Å². The van der Waals surface area contributed by atoms with Crippen LogP contribution in [-0.4, -0.2) is 39.7 Å². The normalized spacial score (nSPS) is 15.4. The van der Waals surface area contributed by atoms with E-state index >= 15 is 0 Å². The maximum Gasteiger partial charge on any atom is 0.338 e. The zero-order valence-electron chi connectivity index (χ0n) is 18.8. The number of benzene rings is 1. The number of carbonyl (C=O) groups excluding carboxylic acids is 1. The number of anilines is 1. The van der Waals surface area contributed by atoms with Crippen molar-refractivity contribution in [2.24, 2.45) is 0 Å². The third-order valence-electron chi connectivity index (χ3n) is 5.02. The van der Waals surface area contributed by atoms with Gasteiger partial charge in [-0.2, -0.15) is 4.98 Å². The van der Waals surface area contributed by atoms with Crippen LogP contribution in [0.5, 0.6) is 5.75 Å². The number of hydrogen-bond acceptors (Lipinski definition) is 7. The highest BCUT2D eigenvalue weighted by molar-refractivity contribution is 7.99. The molecule has 0 spiro atoms. The minimum Gasteiger partial charge on any atom is -0.494 e. The number of ether oxygens (including phenoxy) is 2. The highest BCUT2D eigenvalue weighted by atomic mass is 32.2. The van der Waals surface area contributed by atoms with Gasteiger partial charge in [-0.1, -0.05) is 50.6 Å². The molecule has 0 saturated heterocycles. The van der Waals surface area contributed by atoms with Gasteiger partial charge in [0.2, 0.25) is 11.1 Å². The van der Waals surface area contributed by atoms with Gasteiger partial charge in [-0.3, -0.25) is 0 Å². The Labute approximate surface area is 188 Å². The molecule has 7 nitrogen and oxygen atoms in total. The van der Waals surface area contributed by atoms with Crippen LogP contribution in [0.15, 0.2) is 40.7 Å². The first-order chi connectivity index (χ1) is 15.1. The molecule has 2 aromatic rings. The molecule has 1 aliphatic heterocycles. The smallest absolute Gasteiger partial charge is 0.338 e. The number of esters is 1. The second-order valence-electron chi connectivity index (χ2n) is 7.42. The third-order valence-corrected chi connectivity index (χ3v) is 5.94. The minimum atomic E-state index is -0.409. The van der Waals surface area contributed by atoms with Gasteiger partial charge in [0.05, 0.1) is 18.8 Å². The SMILES string of the molecule is CCCCOc1ccc(C2C(C(=O)OCC)=C(C)Nc3nc(SCCCC)nn32)cc1. The van der Waals surface area contributed by atoms with E-state index in [0.717, 1.165) is 48.4 Å². The Morgan fingerprint density at radius 3 is 2.58 bits per heavy atom. The van der Waals surface area contributed by atoms with Gasteiger partial charge in [0, 0.05) is 11.4 Å². The van der Waals surface area contributed by atoms with Gasteiger partial charge in [-0.25, -0.2) is 9.48 Å². The third kappa shape index (κ3) is 5.61. The molecule has 0 bridgehead atoms. The van der Waals surface area contributed by atoms with Crippen molar-refractivity contribution < 1.29 is 14.3 Å². The molecule has 1 aliphatic rings. The first-order valence-electron chi connectivity index (χ1n) is 11.1. The van der Waals surface area contributed by atoms with E-state index in [-0.39, 0.29) is 5.97 Å². The predicted octanol–water partition coefficient (Wildman–Crippen LogP) is 5.20. The lowest BCUT2D eigenvalue weighted by Gasteiger charge is -2.28. The van der Waals surface area contributed by atoms with Crippen LogP contribution in [0.4, 0.5) is 5.95 Å². The topological polar surface area (TPSA) is 78.3 Å². The zero-order valence-corrected chi connectivity index (χ0v) is 19.6. The number of rotatable bonds is 11. The van der Waals surface area contributed by atoms with Crippen LogP contribution in [0.1, 0.15) is 65.0 Å². The van der Waals surface area contributed by atoms with E-state index in [1.165, 1.54) is 0 Å². The van der Waals surface area contributed by atoms with Crippen molar-refractivity contribution in [3.63, 3.8) is 0 Å². The second kappa shape index (κ2) is 11.2. The van der Waals surface area contributed by atoms with Crippen LogP contribution < -0.4 is 10.1 Å². The van der Waals surface area contributed by atoms with Crippen molar-refractivity contribution in [2.45, 2.75) is 64.6 Å². The summed E-state index contributed by atoms with van der Waals surface area (Å²) in [4.78, 5) is 17.5. The molecule has 1 aromatic carbocycles. The van der Waals surface area contributed by atoms with Gasteiger partial charge in [-0.05, 0) is 44.4 Å². The lowest BCUT2D eigenvalue weighted by molar-refractivity contribution is -0.139. The Bertz CT molecular complexity index is 908. The van der Waals surface area contributed by atoms with Crippen LogP contribution in [-0.2, 0) is 9.53 Å². The largest absolute Gasteiger partial charge is 0.494 e. The number of unbranched alkanes of at least 4 members (excludes halogenated alkanes) is 2. The van der Waals surface area contributed by atoms with Crippen LogP contribution in [0.25, 0.3) is 0 Å². The molecule has 168 valence electrons. The first kappa shape index (κ1) is 23.2. The second-order valence-corrected chi connectivity index (χ2v) is 8.48. The lowest BCUT2D eigenvalue weighted by atomic mass is 9.96. The van der Waals surface area contributed by atoms with Crippen molar-refractivity contribution in [2.75, 3.05) is 24.3 Å². The molecule has 0 amide bonds. The Morgan fingerprint density at radius 2 is 1.90 bits per heavy atom. The number of aromatic nitrogens is 3. The molecule has 0 saturated carbocycles. The molecule has 1 unspecified atom stereocenters. The number of thioether (sulfide) groups is 1. The Balaban J connectivity index is 1.94. The average molecular weight is 445 g/mol. The summed E-state index contributed by atoms with van der Waals surface area (Å²) >= 11 is 1.63. The summed E-state index contributed by atoms with van der Waals surface area (Å²) < 4.78 is 13.0. The van der Waals surface area contributed by atoms with Crippen molar-refractivity contribution in [1.82, 2.24) is 14.8 Å². The zero-order chi connectivity index (χ0) is 22.2. The molecular weight excluding hydrogens is 412 g/mol. The van der Waals surface area contributed by atoms with E-state index in [0.29, 0.717) is 29.9 Å². The summed E-state index contributed by atoms with van der Waals surface area (Å²) in [5.74, 6) is 2.07. The quantitative estimate of drug-likeness (QED) is 0.290. The molecule has 1 N–H and O–H groups in total. The number of nitrogens with zero attached hydrogens (tertiary/aromatic N) is 3. The van der Waals surface area contributed by atoms with Crippen molar-refractivity contribution in [3.05, 3.63) is 41.1 Å². The summed E-state index contributed by atoms with van der Waals surface area (Å²) in [5.41, 5.74) is 2.21. The fourth-order valence-electron chi connectivity index (χ4n) is 3.36. The minimum absolute atomic E-state index is 0.314. The Kier molecular flexibility index (Phi) is 8.40. The summed E-state index contributed by atoms with van der Waals surface area (Å²) in [5, 5.41) is 8.67. The van der Waals surface area contributed by atoms with Gasteiger partial charge >= 0.3 is 5.97 Å². The van der Waals surface area contributed by atoms with Crippen LogP contribution >= 0.6 is 11.8 Å².